The number of benzene rings is 2. The maximum atomic E-state index is 11.0. The normalized spacial score (nSPS) is 13.0. The highest BCUT2D eigenvalue weighted by Gasteiger charge is 2.12. The molecule has 0 unspecified atom stereocenters. The molecule has 0 spiro atoms. The molecule has 0 bridgehead atoms. The molecule has 0 fully saturated rings. The number of furan rings is 1. The molecule has 0 saturated heterocycles. The summed E-state index contributed by atoms with van der Waals surface area (Å²) >= 11 is 0. The molecule has 1 aliphatic rings. The highest BCUT2D eigenvalue weighted by molar-refractivity contribution is 5.92. The van der Waals surface area contributed by atoms with E-state index in [-0.39, 0.29) is 5.56 Å². The van der Waals surface area contributed by atoms with Gasteiger partial charge in [0.05, 0.1) is 12.2 Å². The number of rotatable bonds is 6. The first-order chi connectivity index (χ1) is 12.2. The van der Waals surface area contributed by atoms with Crippen molar-refractivity contribution in [2.45, 2.75) is 19.4 Å². The number of hydrogen-bond acceptors (Lipinski definition) is 4. The summed E-state index contributed by atoms with van der Waals surface area (Å²) in [5, 5.41) is 13.4. The van der Waals surface area contributed by atoms with Gasteiger partial charge in [0.1, 0.15) is 17.1 Å². The maximum Gasteiger partial charge on any atom is 0.335 e. The Morgan fingerprint density at radius 2 is 2.08 bits per heavy atom. The molecule has 5 nitrogen and oxygen atoms in total. The lowest BCUT2D eigenvalue weighted by Gasteiger charge is -2.06. The van der Waals surface area contributed by atoms with Crippen molar-refractivity contribution in [2.24, 2.45) is 0 Å². The Labute approximate surface area is 145 Å². The number of ether oxygens (including phenoxy) is 1. The Kier molecular flexibility index (Phi) is 4.15. The van der Waals surface area contributed by atoms with Crippen molar-refractivity contribution in [3.63, 3.8) is 0 Å². The van der Waals surface area contributed by atoms with E-state index in [9.17, 15) is 4.79 Å². The number of nitrogens with one attached hydrogen (secondary N) is 1. The van der Waals surface area contributed by atoms with Crippen LogP contribution in [0.15, 0.2) is 46.9 Å². The van der Waals surface area contributed by atoms with Crippen LogP contribution in [0.4, 0.5) is 0 Å². The molecule has 128 valence electrons. The van der Waals surface area contributed by atoms with Crippen LogP contribution in [-0.4, -0.2) is 24.2 Å². The zero-order valence-electron chi connectivity index (χ0n) is 13.7. The second kappa shape index (κ2) is 6.61. The van der Waals surface area contributed by atoms with Gasteiger partial charge in [-0.05, 0) is 35.4 Å². The monoisotopic (exact) mass is 337 g/mol. The van der Waals surface area contributed by atoms with E-state index in [1.165, 1.54) is 11.1 Å². The van der Waals surface area contributed by atoms with Gasteiger partial charge in [-0.2, -0.15) is 0 Å². The molecular formula is C20H19NO4. The Morgan fingerprint density at radius 1 is 1.16 bits per heavy atom. The van der Waals surface area contributed by atoms with Crippen LogP contribution in [0.25, 0.3) is 11.0 Å². The van der Waals surface area contributed by atoms with Gasteiger partial charge in [-0.15, -0.1) is 0 Å². The maximum absolute atomic E-state index is 11.0. The summed E-state index contributed by atoms with van der Waals surface area (Å²) in [6.45, 7) is 2.34. The molecule has 25 heavy (non-hydrogen) atoms. The highest BCUT2D eigenvalue weighted by atomic mass is 16.5. The summed E-state index contributed by atoms with van der Waals surface area (Å²) in [4.78, 5) is 11.0. The van der Waals surface area contributed by atoms with Gasteiger partial charge >= 0.3 is 5.97 Å². The van der Waals surface area contributed by atoms with Crippen molar-refractivity contribution in [2.75, 3.05) is 13.2 Å². The standard InChI is InChI=1S/C20H19NO4/c22-20(23)16-4-3-15-10-17(25-19(15)11-16)5-7-21-12-13-1-2-14-6-8-24-18(14)9-13/h1-4,9-11,21H,5-8,12H2,(H,22,23). The van der Waals surface area contributed by atoms with Gasteiger partial charge in [-0.25, -0.2) is 4.79 Å². The van der Waals surface area contributed by atoms with Crippen LogP contribution in [0.5, 0.6) is 5.75 Å². The van der Waals surface area contributed by atoms with E-state index in [4.69, 9.17) is 14.3 Å². The third-order valence-electron chi connectivity index (χ3n) is 4.46. The Hall–Kier alpha value is -2.79. The minimum atomic E-state index is -0.945. The molecule has 0 aliphatic carbocycles. The van der Waals surface area contributed by atoms with Crippen LogP contribution < -0.4 is 10.1 Å². The van der Waals surface area contributed by atoms with Crippen molar-refractivity contribution in [3.05, 3.63) is 64.9 Å². The SMILES string of the molecule is O=C(O)c1ccc2cc(CCNCc3ccc4c(c3)OCC4)oc2c1. The van der Waals surface area contributed by atoms with Crippen molar-refractivity contribution < 1.29 is 19.1 Å². The smallest absolute Gasteiger partial charge is 0.335 e. The predicted octanol–water partition coefficient (Wildman–Crippen LogP) is 3.40. The lowest BCUT2D eigenvalue weighted by atomic mass is 10.1. The molecule has 2 heterocycles. The molecule has 2 N–H and O–H groups in total. The molecule has 5 heteroatoms. The largest absolute Gasteiger partial charge is 0.493 e. The van der Waals surface area contributed by atoms with Gasteiger partial charge in [0.2, 0.25) is 0 Å². The minimum Gasteiger partial charge on any atom is -0.493 e. The first-order valence-electron chi connectivity index (χ1n) is 8.40. The summed E-state index contributed by atoms with van der Waals surface area (Å²) in [6.07, 6.45) is 1.75. The zero-order valence-corrected chi connectivity index (χ0v) is 13.7. The van der Waals surface area contributed by atoms with Crippen molar-refractivity contribution >= 4 is 16.9 Å². The molecule has 2 aromatic carbocycles. The number of aromatic carboxylic acids is 1. The van der Waals surface area contributed by atoms with Gasteiger partial charge in [0, 0.05) is 31.3 Å². The van der Waals surface area contributed by atoms with E-state index in [1.807, 2.05) is 6.07 Å². The molecule has 1 aliphatic heterocycles. The third-order valence-corrected chi connectivity index (χ3v) is 4.46. The summed E-state index contributed by atoms with van der Waals surface area (Å²) in [7, 11) is 0. The number of fused-ring (bicyclic) bond motifs is 2. The number of hydrogen-bond donors (Lipinski definition) is 2. The summed E-state index contributed by atoms with van der Waals surface area (Å²) in [6, 6.07) is 13.3. The summed E-state index contributed by atoms with van der Waals surface area (Å²) < 4.78 is 11.3. The zero-order chi connectivity index (χ0) is 17.2. The quantitative estimate of drug-likeness (QED) is 0.675. The van der Waals surface area contributed by atoms with Gasteiger partial charge in [0.25, 0.3) is 0 Å². The van der Waals surface area contributed by atoms with Crippen molar-refractivity contribution in [1.82, 2.24) is 5.32 Å². The summed E-state index contributed by atoms with van der Waals surface area (Å²) in [5.74, 6) is 0.910. The molecule has 3 aromatic rings. The van der Waals surface area contributed by atoms with E-state index in [0.717, 1.165) is 49.4 Å². The van der Waals surface area contributed by atoms with E-state index in [1.54, 1.807) is 18.2 Å². The van der Waals surface area contributed by atoms with Crippen LogP contribution >= 0.6 is 0 Å². The Bertz CT molecular complexity index is 929. The van der Waals surface area contributed by atoms with Gasteiger partial charge in [-0.1, -0.05) is 18.2 Å². The van der Waals surface area contributed by atoms with Crippen LogP contribution in [0.3, 0.4) is 0 Å². The fraction of sp³-hybridized carbons (Fsp3) is 0.250. The van der Waals surface area contributed by atoms with Crippen LogP contribution in [0, 0.1) is 0 Å². The van der Waals surface area contributed by atoms with E-state index in [2.05, 4.69) is 23.5 Å². The topological polar surface area (TPSA) is 71.7 Å². The Morgan fingerprint density at radius 3 is 2.96 bits per heavy atom. The van der Waals surface area contributed by atoms with Crippen molar-refractivity contribution in [1.29, 1.82) is 0 Å². The molecule has 4 rings (SSSR count). The molecular weight excluding hydrogens is 318 g/mol. The van der Waals surface area contributed by atoms with E-state index in [0.29, 0.717) is 5.58 Å². The van der Waals surface area contributed by atoms with E-state index >= 15 is 0 Å². The molecule has 0 amide bonds. The fourth-order valence-electron chi connectivity index (χ4n) is 3.11. The van der Waals surface area contributed by atoms with Gasteiger partial charge in [0.15, 0.2) is 0 Å². The first-order valence-corrected chi connectivity index (χ1v) is 8.40. The van der Waals surface area contributed by atoms with Crippen molar-refractivity contribution in [3.8, 4) is 5.75 Å². The first kappa shape index (κ1) is 15.7. The number of carbonyl (C=O) groups is 1. The fourth-order valence-corrected chi connectivity index (χ4v) is 3.11. The highest BCUT2D eigenvalue weighted by Crippen LogP contribution is 2.26. The average molecular weight is 337 g/mol. The van der Waals surface area contributed by atoms with E-state index < -0.39 is 5.97 Å². The third kappa shape index (κ3) is 3.37. The van der Waals surface area contributed by atoms with Gasteiger partial charge in [-0.3, -0.25) is 0 Å². The van der Waals surface area contributed by atoms with Crippen LogP contribution in [0.2, 0.25) is 0 Å². The molecule has 0 atom stereocenters. The predicted molar refractivity (Wildman–Crippen MR) is 94.2 cm³/mol. The number of carboxylic acids is 1. The molecule has 0 radical (unpaired) electrons. The second-order valence-corrected chi connectivity index (χ2v) is 6.24. The lowest BCUT2D eigenvalue weighted by Crippen LogP contribution is -2.16. The summed E-state index contributed by atoms with van der Waals surface area (Å²) in [5.41, 5.74) is 3.35. The number of carboxylic acid groups (broad SMARTS) is 1. The minimum absolute atomic E-state index is 0.241. The average Bonchev–Trinajstić information content (AvgIpc) is 3.23. The Balaban J connectivity index is 1.34. The van der Waals surface area contributed by atoms with Crippen LogP contribution in [0.1, 0.15) is 27.2 Å². The van der Waals surface area contributed by atoms with Crippen LogP contribution in [-0.2, 0) is 19.4 Å². The molecule has 0 saturated carbocycles. The van der Waals surface area contributed by atoms with Gasteiger partial charge < -0.3 is 19.6 Å². The second-order valence-electron chi connectivity index (χ2n) is 6.24. The molecule has 1 aromatic heterocycles. The lowest BCUT2D eigenvalue weighted by molar-refractivity contribution is 0.0697.